The summed E-state index contributed by atoms with van der Waals surface area (Å²) in [6, 6.07) is 0. The summed E-state index contributed by atoms with van der Waals surface area (Å²) in [5, 5.41) is 3.24. The lowest BCUT2D eigenvalue weighted by atomic mass is 10.2. The van der Waals surface area contributed by atoms with E-state index in [4.69, 9.17) is 0 Å². The van der Waals surface area contributed by atoms with Gasteiger partial charge in [-0.05, 0) is 6.92 Å². The second-order valence-electron chi connectivity index (χ2n) is 3.70. The van der Waals surface area contributed by atoms with Crippen LogP contribution in [0.25, 0.3) is 0 Å². The van der Waals surface area contributed by atoms with E-state index in [9.17, 15) is 22.8 Å². The van der Waals surface area contributed by atoms with E-state index in [1.807, 2.05) is 0 Å². The molecule has 19 heavy (non-hydrogen) atoms. The lowest BCUT2D eigenvalue weighted by Gasteiger charge is -2.05. The molecule has 5 nitrogen and oxygen atoms in total. The molecule has 0 saturated heterocycles. The number of hydrogen-bond acceptors (Lipinski definition) is 4. The molecule has 0 saturated carbocycles. The van der Waals surface area contributed by atoms with Crippen LogP contribution in [0.5, 0.6) is 0 Å². The van der Waals surface area contributed by atoms with E-state index in [1.165, 1.54) is 6.92 Å². The van der Waals surface area contributed by atoms with Crippen molar-refractivity contribution >= 4 is 11.8 Å². The van der Waals surface area contributed by atoms with E-state index < -0.39 is 23.4 Å². The molecular formula is C11H13F3N2O3. The Morgan fingerprint density at radius 1 is 1.37 bits per heavy atom. The van der Waals surface area contributed by atoms with Crippen LogP contribution in [-0.4, -0.2) is 28.1 Å². The molecule has 1 aromatic rings. The first-order valence-corrected chi connectivity index (χ1v) is 5.63. The number of esters is 1. The molecule has 0 radical (unpaired) electrons. The third-order valence-corrected chi connectivity index (χ3v) is 2.26. The molecular weight excluding hydrogens is 265 g/mol. The highest BCUT2D eigenvalue weighted by Crippen LogP contribution is 2.31. The average Bonchev–Trinajstić information content (AvgIpc) is 2.73. The van der Waals surface area contributed by atoms with Crippen molar-refractivity contribution in [1.82, 2.24) is 9.78 Å². The van der Waals surface area contributed by atoms with Crippen molar-refractivity contribution in [3.05, 3.63) is 17.5 Å². The number of alkyl halides is 3. The molecule has 8 heteroatoms. The van der Waals surface area contributed by atoms with Gasteiger partial charge in [0.05, 0.1) is 13.2 Å². The molecule has 0 aliphatic heterocycles. The topological polar surface area (TPSA) is 61.2 Å². The van der Waals surface area contributed by atoms with Crippen LogP contribution in [0.4, 0.5) is 13.2 Å². The van der Waals surface area contributed by atoms with Crippen LogP contribution in [-0.2, 0) is 22.3 Å². The van der Waals surface area contributed by atoms with Gasteiger partial charge in [-0.3, -0.25) is 9.48 Å². The van der Waals surface area contributed by atoms with E-state index in [2.05, 4.69) is 9.84 Å². The van der Waals surface area contributed by atoms with Crippen LogP contribution >= 0.6 is 0 Å². The molecule has 1 aromatic heterocycles. The molecule has 0 atom stereocenters. The number of rotatable bonds is 5. The summed E-state index contributed by atoms with van der Waals surface area (Å²) < 4.78 is 43.5. The average molecular weight is 278 g/mol. The second kappa shape index (κ2) is 5.85. The molecule has 0 aliphatic carbocycles. The summed E-state index contributed by atoms with van der Waals surface area (Å²) >= 11 is 0. The van der Waals surface area contributed by atoms with Crippen LogP contribution in [0.3, 0.4) is 0 Å². The Morgan fingerprint density at radius 2 is 2.00 bits per heavy atom. The Kier molecular flexibility index (Phi) is 4.68. The Labute approximate surface area is 107 Å². The van der Waals surface area contributed by atoms with Gasteiger partial charge in [-0.25, -0.2) is 4.79 Å². The van der Waals surface area contributed by atoms with Crippen molar-refractivity contribution in [2.75, 3.05) is 6.61 Å². The highest BCUT2D eigenvalue weighted by atomic mass is 19.4. The highest BCUT2D eigenvalue weighted by Gasteiger charge is 2.39. The van der Waals surface area contributed by atoms with Gasteiger partial charge in [0.25, 0.3) is 0 Å². The van der Waals surface area contributed by atoms with E-state index >= 15 is 0 Å². The van der Waals surface area contributed by atoms with Gasteiger partial charge in [0.2, 0.25) is 0 Å². The molecule has 0 amide bonds. The Hall–Kier alpha value is -1.86. The number of halogens is 3. The van der Waals surface area contributed by atoms with Gasteiger partial charge in [0, 0.05) is 12.6 Å². The number of carbonyl (C=O) groups is 2. The van der Waals surface area contributed by atoms with Crippen LogP contribution in [0.2, 0.25) is 0 Å². The standard InChI is InChI=1S/C11H13F3N2O3/c1-3-7(17)5-16-6-8(10(18)19-4-2)9(15-16)11(12,13)14/h6H,3-5H2,1-2H3. The Morgan fingerprint density at radius 3 is 2.47 bits per heavy atom. The molecule has 1 heterocycles. The highest BCUT2D eigenvalue weighted by molar-refractivity contribution is 5.90. The smallest absolute Gasteiger partial charge is 0.436 e. The minimum atomic E-state index is -4.78. The van der Waals surface area contributed by atoms with Crippen LogP contribution in [0.1, 0.15) is 36.3 Å². The predicted molar refractivity (Wildman–Crippen MR) is 58.5 cm³/mol. The Bertz CT molecular complexity index is 480. The summed E-state index contributed by atoms with van der Waals surface area (Å²) in [5.74, 6) is -1.39. The zero-order valence-corrected chi connectivity index (χ0v) is 10.5. The Balaban J connectivity index is 3.13. The fraction of sp³-hybridized carbons (Fsp3) is 0.545. The van der Waals surface area contributed by atoms with Gasteiger partial charge in [-0.15, -0.1) is 0 Å². The van der Waals surface area contributed by atoms with Gasteiger partial charge < -0.3 is 4.74 Å². The SMILES string of the molecule is CCOC(=O)c1cn(CC(=O)CC)nc1C(F)(F)F. The van der Waals surface area contributed by atoms with E-state index in [1.54, 1.807) is 6.92 Å². The number of hydrogen-bond donors (Lipinski definition) is 0. The first-order chi connectivity index (χ1) is 8.79. The summed E-state index contributed by atoms with van der Waals surface area (Å²) in [6.07, 6.45) is -3.72. The maximum atomic E-state index is 12.7. The quantitative estimate of drug-likeness (QED) is 0.773. The molecule has 0 aromatic carbocycles. The minimum absolute atomic E-state index is 0.0464. The summed E-state index contributed by atoms with van der Waals surface area (Å²) in [5.41, 5.74) is -2.02. The van der Waals surface area contributed by atoms with Crippen molar-refractivity contribution in [3.63, 3.8) is 0 Å². The zero-order valence-electron chi connectivity index (χ0n) is 10.5. The first kappa shape index (κ1) is 15.2. The molecule has 0 bridgehead atoms. The van der Waals surface area contributed by atoms with Gasteiger partial charge in [0.1, 0.15) is 5.56 Å². The number of carbonyl (C=O) groups excluding carboxylic acids is 2. The molecule has 1 rings (SSSR count). The largest absolute Gasteiger partial charge is 0.462 e. The van der Waals surface area contributed by atoms with Crippen LogP contribution in [0, 0.1) is 0 Å². The molecule has 0 spiro atoms. The summed E-state index contributed by atoms with van der Waals surface area (Å²) in [6.45, 7) is 2.72. The van der Waals surface area contributed by atoms with Crippen molar-refractivity contribution in [3.8, 4) is 0 Å². The van der Waals surface area contributed by atoms with Gasteiger partial charge in [-0.2, -0.15) is 18.3 Å². The van der Waals surface area contributed by atoms with Crippen molar-refractivity contribution in [2.45, 2.75) is 33.0 Å². The normalized spacial score (nSPS) is 11.4. The number of ketones is 1. The van der Waals surface area contributed by atoms with E-state index in [-0.39, 0.29) is 25.4 Å². The van der Waals surface area contributed by atoms with Crippen LogP contribution < -0.4 is 0 Å². The maximum absolute atomic E-state index is 12.7. The molecule has 106 valence electrons. The third-order valence-electron chi connectivity index (χ3n) is 2.26. The lowest BCUT2D eigenvalue weighted by molar-refractivity contribution is -0.142. The molecule has 0 unspecified atom stereocenters. The van der Waals surface area contributed by atoms with Gasteiger partial charge in [0.15, 0.2) is 11.5 Å². The number of Topliss-reactive ketones (excluding diaryl/α,β-unsaturated/α-hetero) is 1. The maximum Gasteiger partial charge on any atom is 0.436 e. The molecule has 0 fully saturated rings. The summed E-state index contributed by atoms with van der Waals surface area (Å²) in [4.78, 5) is 22.6. The van der Waals surface area contributed by atoms with Crippen molar-refractivity contribution in [2.24, 2.45) is 0 Å². The summed E-state index contributed by atoms with van der Waals surface area (Å²) in [7, 11) is 0. The monoisotopic (exact) mass is 278 g/mol. The number of aromatic nitrogens is 2. The number of ether oxygens (including phenoxy) is 1. The fourth-order valence-electron chi connectivity index (χ4n) is 1.36. The molecule has 0 aliphatic rings. The first-order valence-electron chi connectivity index (χ1n) is 5.63. The van der Waals surface area contributed by atoms with Crippen molar-refractivity contribution in [1.29, 1.82) is 0 Å². The number of nitrogens with zero attached hydrogens (tertiary/aromatic N) is 2. The van der Waals surface area contributed by atoms with E-state index in [0.29, 0.717) is 0 Å². The van der Waals surface area contributed by atoms with Crippen LogP contribution in [0.15, 0.2) is 6.20 Å². The van der Waals surface area contributed by atoms with Gasteiger partial charge in [-0.1, -0.05) is 6.92 Å². The zero-order chi connectivity index (χ0) is 14.6. The third kappa shape index (κ3) is 3.80. The predicted octanol–water partition coefficient (Wildman–Crippen LogP) is 2.06. The van der Waals surface area contributed by atoms with Gasteiger partial charge >= 0.3 is 12.1 Å². The fourth-order valence-corrected chi connectivity index (χ4v) is 1.36. The molecule has 0 N–H and O–H groups in total. The minimum Gasteiger partial charge on any atom is -0.462 e. The van der Waals surface area contributed by atoms with Crippen molar-refractivity contribution < 1.29 is 27.5 Å². The lowest BCUT2D eigenvalue weighted by Crippen LogP contribution is -2.14. The second-order valence-corrected chi connectivity index (χ2v) is 3.70. The van der Waals surface area contributed by atoms with E-state index in [0.717, 1.165) is 10.9 Å².